The maximum atomic E-state index is 13.3. The summed E-state index contributed by atoms with van der Waals surface area (Å²) >= 11 is 3.11. The van der Waals surface area contributed by atoms with Crippen molar-refractivity contribution in [2.24, 2.45) is 0 Å². The first-order valence-electron chi connectivity index (χ1n) is 4.50. The Hall–Kier alpha value is -0.940. The van der Waals surface area contributed by atoms with Crippen molar-refractivity contribution >= 4 is 21.8 Å². The van der Waals surface area contributed by atoms with Crippen LogP contribution in [0, 0.1) is 5.82 Å². The monoisotopic (exact) mass is 275 g/mol. The van der Waals surface area contributed by atoms with Crippen molar-refractivity contribution in [3.05, 3.63) is 34.1 Å². The molecule has 1 amide bonds. The minimum atomic E-state index is -0.564. The lowest BCUT2D eigenvalue weighted by molar-refractivity contribution is 0.0946. The van der Waals surface area contributed by atoms with Gasteiger partial charge in [-0.05, 0) is 34.5 Å². The average Bonchev–Trinajstić information content (AvgIpc) is 2.18. The van der Waals surface area contributed by atoms with Gasteiger partial charge >= 0.3 is 0 Å². The fourth-order valence-electron chi connectivity index (χ4n) is 1.08. The highest BCUT2D eigenvalue weighted by molar-refractivity contribution is 9.10. The second-order valence-corrected chi connectivity index (χ2v) is 3.78. The zero-order valence-corrected chi connectivity index (χ0v) is 9.55. The number of rotatable bonds is 4. The summed E-state index contributed by atoms with van der Waals surface area (Å²) in [5, 5.41) is 11.0. The van der Waals surface area contributed by atoms with Crippen LogP contribution in [0.3, 0.4) is 0 Å². The molecule has 0 fully saturated rings. The van der Waals surface area contributed by atoms with Crippen molar-refractivity contribution < 1.29 is 14.3 Å². The SMILES string of the molecule is O=C(NCCCO)c1c(F)cccc1Br. The molecule has 0 saturated heterocycles. The summed E-state index contributed by atoms with van der Waals surface area (Å²) in [4.78, 5) is 11.5. The molecule has 0 atom stereocenters. The van der Waals surface area contributed by atoms with Crippen LogP contribution in [0.5, 0.6) is 0 Å². The third-order valence-corrected chi connectivity index (χ3v) is 2.47. The van der Waals surface area contributed by atoms with E-state index in [0.29, 0.717) is 17.4 Å². The number of amides is 1. The Morgan fingerprint density at radius 2 is 2.27 bits per heavy atom. The molecule has 1 aromatic carbocycles. The number of aliphatic hydroxyl groups excluding tert-OH is 1. The van der Waals surface area contributed by atoms with E-state index >= 15 is 0 Å². The molecule has 5 heteroatoms. The molecule has 15 heavy (non-hydrogen) atoms. The van der Waals surface area contributed by atoms with E-state index in [1.807, 2.05) is 0 Å². The molecule has 0 aliphatic heterocycles. The molecule has 2 N–H and O–H groups in total. The van der Waals surface area contributed by atoms with Gasteiger partial charge in [0, 0.05) is 17.6 Å². The van der Waals surface area contributed by atoms with E-state index in [0.717, 1.165) is 0 Å². The van der Waals surface area contributed by atoms with Crippen LogP contribution in [0.4, 0.5) is 4.39 Å². The van der Waals surface area contributed by atoms with Gasteiger partial charge in [0.05, 0.1) is 5.56 Å². The zero-order chi connectivity index (χ0) is 11.3. The molecule has 0 aliphatic rings. The van der Waals surface area contributed by atoms with Crippen molar-refractivity contribution in [3.8, 4) is 0 Å². The predicted molar refractivity (Wildman–Crippen MR) is 58.1 cm³/mol. The van der Waals surface area contributed by atoms with E-state index in [9.17, 15) is 9.18 Å². The number of benzene rings is 1. The number of halogens is 2. The summed E-state index contributed by atoms with van der Waals surface area (Å²) in [6.45, 7) is 0.328. The summed E-state index contributed by atoms with van der Waals surface area (Å²) in [6, 6.07) is 4.35. The van der Waals surface area contributed by atoms with Crippen molar-refractivity contribution in [2.45, 2.75) is 6.42 Å². The zero-order valence-electron chi connectivity index (χ0n) is 7.96. The quantitative estimate of drug-likeness (QED) is 0.822. The Morgan fingerprint density at radius 1 is 1.53 bits per heavy atom. The largest absolute Gasteiger partial charge is 0.396 e. The summed E-state index contributed by atoms with van der Waals surface area (Å²) < 4.78 is 13.7. The normalized spacial score (nSPS) is 10.1. The van der Waals surface area contributed by atoms with Crippen LogP contribution < -0.4 is 5.32 Å². The van der Waals surface area contributed by atoms with E-state index in [4.69, 9.17) is 5.11 Å². The predicted octanol–water partition coefficient (Wildman–Crippen LogP) is 1.70. The minimum Gasteiger partial charge on any atom is -0.396 e. The number of aliphatic hydroxyl groups is 1. The van der Waals surface area contributed by atoms with Crippen LogP contribution in [0.25, 0.3) is 0 Å². The molecule has 0 saturated carbocycles. The van der Waals surface area contributed by atoms with Gasteiger partial charge in [0.1, 0.15) is 5.82 Å². The molecular weight excluding hydrogens is 265 g/mol. The summed E-state index contributed by atoms with van der Waals surface area (Å²) in [7, 11) is 0. The van der Waals surface area contributed by atoms with E-state index in [1.54, 1.807) is 6.07 Å². The molecule has 82 valence electrons. The van der Waals surface area contributed by atoms with Gasteiger partial charge < -0.3 is 10.4 Å². The first-order chi connectivity index (χ1) is 7.16. The Balaban J connectivity index is 2.73. The van der Waals surface area contributed by atoms with Crippen molar-refractivity contribution in [1.29, 1.82) is 0 Å². The molecule has 1 aromatic rings. The van der Waals surface area contributed by atoms with Gasteiger partial charge in [-0.3, -0.25) is 4.79 Å². The smallest absolute Gasteiger partial charge is 0.255 e. The number of carbonyl (C=O) groups is 1. The lowest BCUT2D eigenvalue weighted by Gasteiger charge is -2.06. The van der Waals surface area contributed by atoms with Crippen LogP contribution in [0.1, 0.15) is 16.8 Å². The number of hydrogen-bond donors (Lipinski definition) is 2. The Labute approximate surface area is 95.4 Å². The average molecular weight is 276 g/mol. The van der Waals surface area contributed by atoms with Gasteiger partial charge in [0.15, 0.2) is 0 Å². The van der Waals surface area contributed by atoms with E-state index in [2.05, 4.69) is 21.2 Å². The highest BCUT2D eigenvalue weighted by Gasteiger charge is 2.14. The molecule has 3 nitrogen and oxygen atoms in total. The van der Waals surface area contributed by atoms with Crippen molar-refractivity contribution in [3.63, 3.8) is 0 Å². The standard InChI is InChI=1S/C10H11BrFNO2/c11-7-3-1-4-8(12)9(7)10(15)13-5-2-6-14/h1,3-4,14H,2,5-6H2,(H,13,15). The Kier molecular flexibility index (Phi) is 4.71. The van der Waals surface area contributed by atoms with Gasteiger partial charge in [-0.2, -0.15) is 0 Å². The van der Waals surface area contributed by atoms with E-state index in [1.165, 1.54) is 12.1 Å². The first-order valence-corrected chi connectivity index (χ1v) is 5.29. The number of hydrogen-bond acceptors (Lipinski definition) is 2. The minimum absolute atomic E-state index is 0.00127. The van der Waals surface area contributed by atoms with Gasteiger partial charge in [-0.15, -0.1) is 0 Å². The molecular formula is C10H11BrFNO2. The second kappa shape index (κ2) is 5.82. The lowest BCUT2D eigenvalue weighted by atomic mass is 10.2. The maximum absolute atomic E-state index is 13.3. The van der Waals surface area contributed by atoms with Crippen LogP contribution in [0.2, 0.25) is 0 Å². The van der Waals surface area contributed by atoms with Gasteiger partial charge in [0.2, 0.25) is 0 Å². The molecule has 1 rings (SSSR count). The molecule has 0 unspecified atom stereocenters. The third-order valence-electron chi connectivity index (χ3n) is 1.81. The molecule has 0 aromatic heterocycles. The molecule has 0 spiro atoms. The Bertz CT molecular complexity index is 337. The fourth-order valence-corrected chi connectivity index (χ4v) is 1.61. The number of carbonyl (C=O) groups excluding carboxylic acids is 1. The van der Waals surface area contributed by atoms with Crippen molar-refractivity contribution in [1.82, 2.24) is 5.32 Å². The first kappa shape index (κ1) is 12.1. The molecule has 0 bridgehead atoms. The van der Waals surface area contributed by atoms with Crippen LogP contribution in [-0.4, -0.2) is 24.2 Å². The van der Waals surface area contributed by atoms with E-state index in [-0.39, 0.29) is 12.2 Å². The van der Waals surface area contributed by atoms with Crippen LogP contribution >= 0.6 is 15.9 Å². The highest BCUT2D eigenvalue weighted by Crippen LogP contribution is 2.19. The third kappa shape index (κ3) is 3.28. The fraction of sp³-hybridized carbons (Fsp3) is 0.300. The molecule has 0 radical (unpaired) electrons. The summed E-state index contributed by atoms with van der Waals surface area (Å²) in [5.74, 6) is -1.04. The van der Waals surface area contributed by atoms with Gasteiger partial charge in [-0.25, -0.2) is 4.39 Å². The van der Waals surface area contributed by atoms with Crippen molar-refractivity contribution in [2.75, 3.05) is 13.2 Å². The second-order valence-electron chi connectivity index (χ2n) is 2.93. The molecule has 0 heterocycles. The summed E-state index contributed by atoms with van der Waals surface area (Å²) in [5.41, 5.74) is -0.00422. The highest BCUT2D eigenvalue weighted by atomic mass is 79.9. The topological polar surface area (TPSA) is 49.3 Å². The number of nitrogens with one attached hydrogen (secondary N) is 1. The Morgan fingerprint density at radius 3 is 2.87 bits per heavy atom. The van der Waals surface area contributed by atoms with E-state index < -0.39 is 11.7 Å². The van der Waals surface area contributed by atoms with Crippen LogP contribution in [-0.2, 0) is 0 Å². The maximum Gasteiger partial charge on any atom is 0.255 e. The van der Waals surface area contributed by atoms with Gasteiger partial charge in [0.25, 0.3) is 5.91 Å². The molecule has 0 aliphatic carbocycles. The van der Waals surface area contributed by atoms with Crippen LogP contribution in [0.15, 0.2) is 22.7 Å². The van der Waals surface area contributed by atoms with Gasteiger partial charge in [-0.1, -0.05) is 6.07 Å². The summed E-state index contributed by atoms with van der Waals surface area (Å²) in [6.07, 6.45) is 0.456. The lowest BCUT2D eigenvalue weighted by Crippen LogP contribution is -2.26.